The predicted octanol–water partition coefficient (Wildman–Crippen LogP) is 5.91. The second-order valence-corrected chi connectivity index (χ2v) is 9.13. The summed E-state index contributed by atoms with van der Waals surface area (Å²) in [7, 11) is -1.14. The van der Waals surface area contributed by atoms with Gasteiger partial charge in [-0.15, -0.1) is 13.2 Å². The van der Waals surface area contributed by atoms with E-state index >= 15 is 0 Å². The number of aliphatic hydroxyl groups excluding tert-OH is 1. The van der Waals surface area contributed by atoms with E-state index in [1.165, 1.54) is 18.2 Å². The zero-order chi connectivity index (χ0) is 23.9. The number of ether oxygens (including phenoxy) is 1. The SMILES string of the molecule is Cc1c(-c2ccccc2OC(F)(F)F)c(Cl)cc2[nH]c(C(O)c3ccc(S(C)=O)cc3)nc12. The third kappa shape index (κ3) is 4.75. The van der Waals surface area contributed by atoms with Gasteiger partial charge in [0, 0.05) is 33.1 Å². The van der Waals surface area contributed by atoms with Crippen molar-refractivity contribution < 1.29 is 27.2 Å². The Morgan fingerprint density at radius 1 is 1.15 bits per heavy atom. The number of para-hydroxylation sites is 1. The Kier molecular flexibility index (Phi) is 6.22. The lowest BCUT2D eigenvalue weighted by molar-refractivity contribution is -0.274. The zero-order valence-electron chi connectivity index (χ0n) is 17.4. The van der Waals surface area contributed by atoms with Gasteiger partial charge in [-0.05, 0) is 42.3 Å². The highest BCUT2D eigenvalue weighted by molar-refractivity contribution is 7.84. The van der Waals surface area contributed by atoms with Gasteiger partial charge in [-0.25, -0.2) is 4.98 Å². The zero-order valence-corrected chi connectivity index (χ0v) is 19.0. The van der Waals surface area contributed by atoms with Gasteiger partial charge < -0.3 is 14.8 Å². The lowest BCUT2D eigenvalue weighted by Gasteiger charge is -2.16. The van der Waals surface area contributed by atoms with E-state index < -0.39 is 23.3 Å². The van der Waals surface area contributed by atoms with Crippen LogP contribution in [0.1, 0.15) is 23.1 Å². The van der Waals surface area contributed by atoms with Crippen molar-refractivity contribution in [1.29, 1.82) is 0 Å². The summed E-state index contributed by atoms with van der Waals surface area (Å²) < 4.78 is 54.5. The minimum absolute atomic E-state index is 0.174. The largest absolute Gasteiger partial charge is 0.573 e. The van der Waals surface area contributed by atoms with Crippen molar-refractivity contribution in [3.05, 3.63) is 76.6 Å². The van der Waals surface area contributed by atoms with Gasteiger partial charge in [0.2, 0.25) is 0 Å². The first-order chi connectivity index (χ1) is 15.5. The highest BCUT2D eigenvalue weighted by Gasteiger charge is 2.32. The van der Waals surface area contributed by atoms with E-state index in [-0.39, 0.29) is 22.2 Å². The van der Waals surface area contributed by atoms with Crippen LogP contribution < -0.4 is 4.74 Å². The smallest absolute Gasteiger partial charge is 0.405 e. The Hall–Kier alpha value is -2.88. The lowest BCUT2D eigenvalue weighted by atomic mass is 9.98. The van der Waals surface area contributed by atoms with Crippen LogP contribution >= 0.6 is 11.6 Å². The van der Waals surface area contributed by atoms with Crippen LogP contribution in [-0.4, -0.2) is 31.9 Å². The summed E-state index contributed by atoms with van der Waals surface area (Å²) in [4.78, 5) is 8.15. The normalized spacial score (nSPS) is 13.8. The van der Waals surface area contributed by atoms with Crippen molar-refractivity contribution in [2.75, 3.05) is 6.26 Å². The summed E-state index contributed by atoms with van der Waals surface area (Å²) in [5, 5.41) is 11.0. The number of hydrogen-bond acceptors (Lipinski definition) is 4. The number of hydrogen-bond donors (Lipinski definition) is 2. The van der Waals surface area contributed by atoms with Crippen LogP contribution in [0.4, 0.5) is 13.2 Å². The van der Waals surface area contributed by atoms with E-state index in [0.29, 0.717) is 32.6 Å². The minimum atomic E-state index is -4.86. The summed E-state index contributed by atoms with van der Waals surface area (Å²) in [6, 6.07) is 13.9. The molecule has 172 valence electrons. The quantitative estimate of drug-likeness (QED) is 0.362. The summed E-state index contributed by atoms with van der Waals surface area (Å²) in [5.74, 6) is -0.134. The van der Waals surface area contributed by atoms with Gasteiger partial charge in [-0.1, -0.05) is 41.9 Å². The number of halogens is 4. The number of nitrogens with zero attached hydrogens (tertiary/aromatic N) is 1. The number of imidazole rings is 1. The number of rotatable bonds is 5. The Labute approximate surface area is 194 Å². The number of aryl methyl sites for hydroxylation is 1. The summed E-state index contributed by atoms with van der Waals surface area (Å²) >= 11 is 6.46. The molecule has 10 heteroatoms. The molecule has 5 nitrogen and oxygen atoms in total. The predicted molar refractivity (Wildman–Crippen MR) is 121 cm³/mol. The van der Waals surface area contributed by atoms with E-state index in [2.05, 4.69) is 14.7 Å². The monoisotopic (exact) mass is 494 g/mol. The first-order valence-corrected chi connectivity index (χ1v) is 11.6. The lowest BCUT2D eigenvalue weighted by Crippen LogP contribution is -2.17. The maximum absolute atomic E-state index is 12.9. The van der Waals surface area contributed by atoms with Gasteiger partial charge in [0.25, 0.3) is 0 Å². The number of nitrogens with one attached hydrogen (secondary N) is 1. The third-order valence-corrected chi connectivity index (χ3v) is 6.39. The number of H-pyrrole nitrogens is 1. The van der Waals surface area contributed by atoms with Crippen molar-refractivity contribution in [3.63, 3.8) is 0 Å². The molecule has 0 bridgehead atoms. The molecule has 0 aliphatic rings. The Balaban J connectivity index is 1.78. The van der Waals surface area contributed by atoms with Gasteiger partial charge in [-0.3, -0.25) is 4.21 Å². The molecule has 4 aromatic rings. The van der Waals surface area contributed by atoms with Crippen molar-refractivity contribution >= 4 is 33.4 Å². The molecule has 0 spiro atoms. The molecule has 1 aromatic heterocycles. The van der Waals surface area contributed by atoms with E-state index in [1.807, 2.05) is 0 Å². The summed E-state index contributed by atoms with van der Waals surface area (Å²) in [5.41, 5.74) is 2.57. The number of aromatic amines is 1. The van der Waals surface area contributed by atoms with Crippen molar-refractivity contribution in [2.24, 2.45) is 0 Å². The molecular formula is C23H18ClF3N2O3S. The van der Waals surface area contributed by atoms with Crippen molar-refractivity contribution in [2.45, 2.75) is 24.3 Å². The molecule has 4 rings (SSSR count). The highest BCUT2D eigenvalue weighted by Crippen LogP contribution is 2.41. The maximum atomic E-state index is 12.9. The molecule has 0 saturated carbocycles. The van der Waals surface area contributed by atoms with Gasteiger partial charge >= 0.3 is 6.36 Å². The molecule has 0 saturated heterocycles. The van der Waals surface area contributed by atoms with Crippen LogP contribution in [0.3, 0.4) is 0 Å². The molecule has 0 radical (unpaired) electrons. The van der Waals surface area contributed by atoms with Crippen LogP contribution in [-0.2, 0) is 10.8 Å². The molecule has 0 aliphatic heterocycles. The van der Waals surface area contributed by atoms with Gasteiger partial charge in [0.1, 0.15) is 17.7 Å². The first-order valence-electron chi connectivity index (χ1n) is 9.70. The fraction of sp³-hybridized carbons (Fsp3) is 0.174. The van der Waals surface area contributed by atoms with E-state index in [0.717, 1.165) is 0 Å². The number of benzene rings is 3. The number of aliphatic hydroxyl groups is 1. The molecule has 2 atom stereocenters. The van der Waals surface area contributed by atoms with Gasteiger partial charge in [0.15, 0.2) is 0 Å². The van der Waals surface area contributed by atoms with Crippen LogP contribution in [0, 0.1) is 6.92 Å². The highest BCUT2D eigenvalue weighted by atomic mass is 35.5. The molecule has 33 heavy (non-hydrogen) atoms. The molecule has 2 unspecified atom stereocenters. The number of alkyl halides is 3. The minimum Gasteiger partial charge on any atom is -0.405 e. The average molecular weight is 495 g/mol. The Morgan fingerprint density at radius 3 is 2.45 bits per heavy atom. The Morgan fingerprint density at radius 2 is 1.82 bits per heavy atom. The summed E-state index contributed by atoms with van der Waals surface area (Å²) in [6.45, 7) is 1.69. The van der Waals surface area contributed by atoms with Gasteiger partial charge in [-0.2, -0.15) is 0 Å². The molecule has 1 heterocycles. The third-order valence-electron chi connectivity index (χ3n) is 5.16. The fourth-order valence-electron chi connectivity index (χ4n) is 3.64. The Bertz CT molecular complexity index is 1350. The van der Waals surface area contributed by atoms with Gasteiger partial charge in [0.05, 0.1) is 16.1 Å². The molecule has 0 aliphatic carbocycles. The molecule has 3 aromatic carbocycles. The standard InChI is InChI=1S/C23H18ClF3N2O3S/c1-12-19(15-5-3-4-6-18(15)32-23(25,26)27)16(24)11-17-20(12)29-22(28-17)21(30)13-7-9-14(10-8-13)33(2)31/h3-11,21,30H,1-2H3,(H,28,29). The van der Waals surface area contributed by atoms with Crippen molar-refractivity contribution in [3.8, 4) is 16.9 Å². The van der Waals surface area contributed by atoms with Crippen molar-refractivity contribution in [1.82, 2.24) is 9.97 Å². The molecule has 0 amide bonds. The second-order valence-electron chi connectivity index (χ2n) is 7.35. The topological polar surface area (TPSA) is 75.2 Å². The number of fused-ring (bicyclic) bond motifs is 1. The second kappa shape index (κ2) is 8.81. The molecule has 2 N–H and O–H groups in total. The van der Waals surface area contributed by atoms with E-state index in [9.17, 15) is 22.5 Å². The van der Waals surface area contributed by atoms with E-state index in [4.69, 9.17) is 11.6 Å². The van der Waals surface area contributed by atoms with Crippen LogP contribution in [0.25, 0.3) is 22.2 Å². The van der Waals surface area contributed by atoms with Crippen LogP contribution in [0.5, 0.6) is 5.75 Å². The van der Waals surface area contributed by atoms with Crippen LogP contribution in [0.15, 0.2) is 59.5 Å². The summed E-state index contributed by atoms with van der Waals surface area (Å²) in [6.07, 6.45) is -4.39. The first kappa shape index (κ1) is 23.3. The fourth-order valence-corrected chi connectivity index (χ4v) is 4.51. The van der Waals surface area contributed by atoms with Crippen LogP contribution in [0.2, 0.25) is 5.02 Å². The van der Waals surface area contributed by atoms with E-state index in [1.54, 1.807) is 49.6 Å². The molecular weight excluding hydrogens is 477 g/mol. The maximum Gasteiger partial charge on any atom is 0.573 e. The number of aromatic nitrogens is 2. The molecule has 0 fully saturated rings. The average Bonchev–Trinajstić information content (AvgIpc) is 3.17.